The van der Waals surface area contributed by atoms with Gasteiger partial charge in [0.1, 0.15) is 6.17 Å². The van der Waals surface area contributed by atoms with Gasteiger partial charge in [0.15, 0.2) is 0 Å². The summed E-state index contributed by atoms with van der Waals surface area (Å²) in [4.78, 5) is 2.38. The van der Waals surface area contributed by atoms with Crippen LogP contribution < -0.4 is 5.32 Å². The lowest BCUT2D eigenvalue weighted by Crippen LogP contribution is -2.49. The standard InChI is InChI=1S/C21H39FN2O/c1-4-24-14-17(20-19(25-3)10-9-18(22)21(20)24)11-12-23-13-16-8-6-5-7-15(16)2/h15-21,23H,4-14H2,1-3H3. The molecular weight excluding hydrogens is 315 g/mol. The van der Waals surface area contributed by atoms with Gasteiger partial charge in [0.25, 0.3) is 0 Å². The van der Waals surface area contributed by atoms with Crippen molar-refractivity contribution in [3.63, 3.8) is 0 Å². The number of halogens is 1. The van der Waals surface area contributed by atoms with Crippen LogP contribution in [0.4, 0.5) is 4.39 Å². The Labute approximate surface area is 154 Å². The molecule has 3 nitrogen and oxygen atoms in total. The van der Waals surface area contributed by atoms with Gasteiger partial charge in [-0.1, -0.05) is 33.1 Å². The maximum Gasteiger partial charge on any atom is 0.116 e. The van der Waals surface area contributed by atoms with E-state index in [0.29, 0.717) is 18.3 Å². The van der Waals surface area contributed by atoms with Crippen molar-refractivity contribution in [1.82, 2.24) is 10.2 Å². The lowest BCUT2D eigenvalue weighted by atomic mass is 9.75. The Morgan fingerprint density at radius 1 is 1.12 bits per heavy atom. The lowest BCUT2D eigenvalue weighted by molar-refractivity contribution is -0.0368. The molecule has 3 aliphatic rings. The number of likely N-dealkylation sites (tertiary alicyclic amines) is 1. The van der Waals surface area contributed by atoms with E-state index in [0.717, 1.165) is 44.3 Å². The first-order valence-corrected chi connectivity index (χ1v) is 10.8. The molecule has 2 saturated carbocycles. The van der Waals surface area contributed by atoms with Crippen molar-refractivity contribution >= 4 is 0 Å². The summed E-state index contributed by atoms with van der Waals surface area (Å²) in [6.07, 6.45) is 7.90. The molecule has 2 aliphatic carbocycles. The zero-order chi connectivity index (χ0) is 17.8. The molecule has 0 spiro atoms. The third-order valence-electron chi connectivity index (χ3n) is 7.45. The molecule has 1 aliphatic heterocycles. The number of methoxy groups -OCH3 is 1. The molecule has 7 unspecified atom stereocenters. The van der Waals surface area contributed by atoms with Crippen LogP contribution in [0.15, 0.2) is 0 Å². The average Bonchev–Trinajstić information content (AvgIpc) is 3.00. The minimum atomic E-state index is -0.669. The van der Waals surface area contributed by atoms with E-state index < -0.39 is 6.17 Å². The molecule has 3 rings (SSSR count). The average molecular weight is 355 g/mol. The quantitative estimate of drug-likeness (QED) is 0.702. The van der Waals surface area contributed by atoms with Crippen LogP contribution in [0, 0.1) is 23.7 Å². The predicted molar refractivity (Wildman–Crippen MR) is 102 cm³/mol. The summed E-state index contributed by atoms with van der Waals surface area (Å²) in [5.41, 5.74) is 0. The molecule has 0 aromatic carbocycles. The van der Waals surface area contributed by atoms with Crippen molar-refractivity contribution in [2.24, 2.45) is 23.7 Å². The second-order valence-electron chi connectivity index (χ2n) is 8.80. The Bertz CT molecular complexity index is 405. The van der Waals surface area contributed by atoms with Gasteiger partial charge in [-0.15, -0.1) is 0 Å². The van der Waals surface area contributed by atoms with Crippen molar-refractivity contribution in [2.75, 3.05) is 33.3 Å². The predicted octanol–water partition coefficient (Wildman–Crippen LogP) is 3.88. The molecule has 0 amide bonds. The zero-order valence-corrected chi connectivity index (χ0v) is 16.6. The van der Waals surface area contributed by atoms with Gasteiger partial charge < -0.3 is 10.1 Å². The number of fused-ring (bicyclic) bond motifs is 1. The summed E-state index contributed by atoms with van der Waals surface area (Å²) in [6, 6.07) is 0.0899. The molecule has 25 heavy (non-hydrogen) atoms. The van der Waals surface area contributed by atoms with Gasteiger partial charge in [0.05, 0.1) is 6.10 Å². The number of ether oxygens (including phenoxy) is 1. The van der Waals surface area contributed by atoms with Gasteiger partial charge in [-0.2, -0.15) is 0 Å². The largest absolute Gasteiger partial charge is 0.381 e. The van der Waals surface area contributed by atoms with Crippen LogP contribution in [0.3, 0.4) is 0 Å². The van der Waals surface area contributed by atoms with Crippen LogP contribution in [0.1, 0.15) is 58.8 Å². The summed E-state index contributed by atoms with van der Waals surface area (Å²) in [6.45, 7) is 8.83. The summed E-state index contributed by atoms with van der Waals surface area (Å²) >= 11 is 0. The fraction of sp³-hybridized carbons (Fsp3) is 1.00. The number of nitrogens with one attached hydrogen (secondary N) is 1. The maximum absolute atomic E-state index is 14.6. The van der Waals surface area contributed by atoms with Crippen molar-refractivity contribution in [2.45, 2.75) is 77.1 Å². The van der Waals surface area contributed by atoms with E-state index in [4.69, 9.17) is 4.74 Å². The van der Waals surface area contributed by atoms with Crippen LogP contribution in [-0.2, 0) is 4.74 Å². The summed E-state index contributed by atoms with van der Waals surface area (Å²) in [5, 5.41) is 3.73. The van der Waals surface area contributed by atoms with E-state index in [9.17, 15) is 4.39 Å². The first kappa shape index (κ1) is 19.6. The van der Waals surface area contributed by atoms with E-state index in [1.54, 1.807) is 0 Å². The monoisotopic (exact) mass is 354 g/mol. The lowest BCUT2D eigenvalue weighted by Gasteiger charge is -2.39. The molecule has 0 radical (unpaired) electrons. The third-order valence-corrected chi connectivity index (χ3v) is 7.45. The van der Waals surface area contributed by atoms with Crippen molar-refractivity contribution in [3.05, 3.63) is 0 Å². The normalized spacial score (nSPS) is 42.5. The molecule has 0 aromatic heterocycles. The fourth-order valence-electron chi connectivity index (χ4n) is 5.92. The number of rotatable bonds is 7. The highest BCUT2D eigenvalue weighted by Crippen LogP contribution is 2.43. The molecule has 0 aromatic rings. The summed E-state index contributed by atoms with van der Waals surface area (Å²) in [5.74, 6) is 2.68. The fourth-order valence-corrected chi connectivity index (χ4v) is 5.92. The van der Waals surface area contributed by atoms with Crippen molar-refractivity contribution in [1.29, 1.82) is 0 Å². The van der Waals surface area contributed by atoms with Crippen LogP contribution in [0.2, 0.25) is 0 Å². The number of alkyl halides is 1. The zero-order valence-electron chi connectivity index (χ0n) is 16.6. The molecule has 1 N–H and O–H groups in total. The molecule has 1 heterocycles. The first-order chi connectivity index (χ1) is 12.2. The van der Waals surface area contributed by atoms with E-state index >= 15 is 0 Å². The van der Waals surface area contributed by atoms with E-state index in [-0.39, 0.29) is 12.1 Å². The molecule has 0 bridgehead atoms. The molecule has 4 heteroatoms. The van der Waals surface area contributed by atoms with Crippen molar-refractivity contribution in [3.8, 4) is 0 Å². The Morgan fingerprint density at radius 2 is 1.92 bits per heavy atom. The van der Waals surface area contributed by atoms with E-state index in [1.807, 2.05) is 7.11 Å². The van der Waals surface area contributed by atoms with Crippen LogP contribution >= 0.6 is 0 Å². The third kappa shape index (κ3) is 4.39. The molecule has 146 valence electrons. The Balaban J connectivity index is 1.50. The maximum atomic E-state index is 14.6. The highest BCUT2D eigenvalue weighted by Gasteiger charge is 2.51. The minimum absolute atomic E-state index is 0.0899. The minimum Gasteiger partial charge on any atom is -0.381 e. The molecule has 3 fully saturated rings. The van der Waals surface area contributed by atoms with Gasteiger partial charge in [-0.05, 0) is 63.1 Å². The van der Waals surface area contributed by atoms with Gasteiger partial charge in [0, 0.05) is 25.6 Å². The van der Waals surface area contributed by atoms with Crippen LogP contribution in [0.5, 0.6) is 0 Å². The highest BCUT2D eigenvalue weighted by atomic mass is 19.1. The topological polar surface area (TPSA) is 24.5 Å². The summed E-state index contributed by atoms with van der Waals surface area (Å²) in [7, 11) is 1.81. The van der Waals surface area contributed by atoms with Gasteiger partial charge in [0.2, 0.25) is 0 Å². The second-order valence-corrected chi connectivity index (χ2v) is 8.80. The molecule has 7 atom stereocenters. The Hall–Kier alpha value is -0.190. The van der Waals surface area contributed by atoms with Crippen LogP contribution in [0.25, 0.3) is 0 Å². The van der Waals surface area contributed by atoms with Crippen LogP contribution in [-0.4, -0.2) is 56.5 Å². The SMILES string of the molecule is CCN1CC(CCNCC2CCCCC2C)C2C(OC)CCC(F)C21. The summed E-state index contributed by atoms with van der Waals surface area (Å²) < 4.78 is 20.4. The number of hydrogen-bond donors (Lipinski definition) is 1. The smallest absolute Gasteiger partial charge is 0.116 e. The second kappa shape index (κ2) is 9.14. The van der Waals surface area contributed by atoms with Gasteiger partial charge in [-0.25, -0.2) is 4.39 Å². The highest BCUT2D eigenvalue weighted by molar-refractivity contribution is 5.03. The number of nitrogens with zero attached hydrogens (tertiary/aromatic N) is 1. The molecule has 1 saturated heterocycles. The molecular formula is C21H39FN2O. The van der Waals surface area contributed by atoms with Gasteiger partial charge >= 0.3 is 0 Å². The number of hydrogen-bond acceptors (Lipinski definition) is 3. The first-order valence-electron chi connectivity index (χ1n) is 10.8. The van der Waals surface area contributed by atoms with E-state index in [2.05, 4.69) is 24.1 Å². The van der Waals surface area contributed by atoms with E-state index in [1.165, 1.54) is 32.2 Å². The Morgan fingerprint density at radius 3 is 2.64 bits per heavy atom. The Kier molecular flexibility index (Phi) is 7.16. The van der Waals surface area contributed by atoms with Crippen molar-refractivity contribution < 1.29 is 9.13 Å². The van der Waals surface area contributed by atoms with Gasteiger partial charge in [-0.3, -0.25) is 4.90 Å².